The Bertz CT molecular complexity index is 616. The molecule has 2 rings (SSSR count). The van der Waals surface area contributed by atoms with Crippen molar-refractivity contribution in [1.82, 2.24) is 5.32 Å². The Balaban J connectivity index is 2.18. The molecule has 0 spiro atoms. The van der Waals surface area contributed by atoms with E-state index in [9.17, 15) is 9.18 Å². The Morgan fingerprint density at radius 2 is 1.80 bits per heavy atom. The lowest BCUT2D eigenvalue weighted by molar-refractivity contribution is 0.0940. The molecule has 0 fully saturated rings. The third kappa shape index (κ3) is 2.95. The third-order valence-electron chi connectivity index (χ3n) is 3.05. The van der Waals surface area contributed by atoms with Crippen LogP contribution in [0.5, 0.6) is 0 Å². The molecule has 4 N–H and O–H groups in total. The Labute approximate surface area is 116 Å². The fourth-order valence-corrected chi connectivity index (χ4v) is 1.99. The summed E-state index contributed by atoms with van der Waals surface area (Å²) < 4.78 is 13.7. The summed E-state index contributed by atoms with van der Waals surface area (Å²) in [4.78, 5) is 12.2. The Morgan fingerprint density at radius 1 is 1.15 bits per heavy atom. The van der Waals surface area contributed by atoms with Crippen molar-refractivity contribution >= 4 is 11.6 Å². The topological polar surface area (TPSA) is 67.2 Å². The molecule has 1 unspecified atom stereocenters. The van der Waals surface area contributed by atoms with Crippen LogP contribution in [0.2, 0.25) is 0 Å². The molecule has 0 bridgehead atoms. The zero-order chi connectivity index (χ0) is 14.5. The minimum Gasteiger partial charge on any atom is -0.345 e. The van der Waals surface area contributed by atoms with Gasteiger partial charge in [0.25, 0.3) is 5.91 Å². The van der Waals surface area contributed by atoms with Crippen LogP contribution in [0.4, 0.5) is 10.1 Å². The van der Waals surface area contributed by atoms with Gasteiger partial charge in [-0.25, -0.2) is 4.39 Å². The number of hydrogen-bond donors (Lipinski definition) is 3. The van der Waals surface area contributed by atoms with Gasteiger partial charge in [-0.15, -0.1) is 0 Å². The quantitative estimate of drug-likeness (QED) is 0.592. The fraction of sp³-hybridized carbons (Fsp3) is 0.133. The highest BCUT2D eigenvalue weighted by molar-refractivity contribution is 5.99. The Morgan fingerprint density at radius 3 is 2.50 bits per heavy atom. The number of nitrogens with one attached hydrogen (secondary N) is 2. The molecule has 0 aliphatic heterocycles. The average molecular weight is 273 g/mol. The van der Waals surface area contributed by atoms with Gasteiger partial charge in [-0.05, 0) is 25.1 Å². The maximum Gasteiger partial charge on any atom is 0.253 e. The number of amides is 1. The lowest BCUT2D eigenvalue weighted by atomic mass is 10.1. The van der Waals surface area contributed by atoms with Crippen LogP contribution in [-0.4, -0.2) is 5.91 Å². The first-order chi connectivity index (χ1) is 9.63. The van der Waals surface area contributed by atoms with Crippen LogP contribution in [0.15, 0.2) is 48.5 Å². The van der Waals surface area contributed by atoms with Crippen LogP contribution in [-0.2, 0) is 0 Å². The van der Waals surface area contributed by atoms with Gasteiger partial charge >= 0.3 is 0 Å². The van der Waals surface area contributed by atoms with E-state index in [0.717, 1.165) is 0 Å². The Kier molecular flexibility index (Phi) is 4.32. The molecule has 0 aromatic heterocycles. The molecule has 0 aliphatic rings. The smallest absolute Gasteiger partial charge is 0.253 e. The largest absolute Gasteiger partial charge is 0.345 e. The monoisotopic (exact) mass is 273 g/mol. The van der Waals surface area contributed by atoms with Crippen molar-refractivity contribution in [2.75, 3.05) is 5.43 Å². The second-order valence-corrected chi connectivity index (χ2v) is 4.41. The molecule has 0 aliphatic carbocycles. The second kappa shape index (κ2) is 6.16. The van der Waals surface area contributed by atoms with Crippen molar-refractivity contribution in [1.29, 1.82) is 0 Å². The lowest BCUT2D eigenvalue weighted by Crippen LogP contribution is -2.28. The van der Waals surface area contributed by atoms with Gasteiger partial charge in [0, 0.05) is 5.56 Å². The maximum absolute atomic E-state index is 13.7. The summed E-state index contributed by atoms with van der Waals surface area (Å²) in [5.74, 6) is 4.71. The SMILES string of the molecule is CC(NC(=O)c1ccccc1NN)c1ccccc1F. The van der Waals surface area contributed by atoms with Gasteiger partial charge in [0.15, 0.2) is 0 Å². The highest BCUT2D eigenvalue weighted by Gasteiger charge is 2.16. The van der Waals surface area contributed by atoms with Crippen molar-refractivity contribution in [2.45, 2.75) is 13.0 Å². The van der Waals surface area contributed by atoms with E-state index in [4.69, 9.17) is 5.84 Å². The maximum atomic E-state index is 13.7. The summed E-state index contributed by atoms with van der Waals surface area (Å²) in [6, 6.07) is 12.8. The van der Waals surface area contributed by atoms with E-state index < -0.39 is 6.04 Å². The number of para-hydroxylation sites is 1. The van der Waals surface area contributed by atoms with Crippen LogP contribution in [0.25, 0.3) is 0 Å². The van der Waals surface area contributed by atoms with Crippen molar-refractivity contribution in [3.05, 3.63) is 65.5 Å². The number of carbonyl (C=O) groups is 1. The van der Waals surface area contributed by atoms with E-state index in [1.165, 1.54) is 6.07 Å². The summed E-state index contributed by atoms with van der Waals surface area (Å²) in [6.07, 6.45) is 0. The molecule has 104 valence electrons. The zero-order valence-corrected chi connectivity index (χ0v) is 11.1. The molecule has 4 nitrogen and oxygen atoms in total. The van der Waals surface area contributed by atoms with Crippen LogP contribution in [0, 0.1) is 5.82 Å². The summed E-state index contributed by atoms with van der Waals surface area (Å²) in [5, 5.41) is 2.75. The molecule has 20 heavy (non-hydrogen) atoms. The predicted octanol–water partition coefficient (Wildman–Crippen LogP) is 2.60. The second-order valence-electron chi connectivity index (χ2n) is 4.41. The minimum atomic E-state index is -0.436. The van der Waals surface area contributed by atoms with Crippen molar-refractivity contribution in [3.63, 3.8) is 0 Å². The van der Waals surface area contributed by atoms with Gasteiger partial charge < -0.3 is 10.7 Å². The summed E-state index contributed by atoms with van der Waals surface area (Å²) in [6.45, 7) is 1.73. The number of nitrogens with two attached hydrogens (primary N) is 1. The molecule has 0 saturated carbocycles. The third-order valence-corrected chi connectivity index (χ3v) is 3.05. The van der Waals surface area contributed by atoms with Gasteiger partial charge in [-0.2, -0.15) is 0 Å². The predicted molar refractivity (Wildman–Crippen MR) is 76.5 cm³/mol. The number of halogens is 1. The Hall–Kier alpha value is -2.40. The van der Waals surface area contributed by atoms with E-state index in [-0.39, 0.29) is 11.7 Å². The van der Waals surface area contributed by atoms with Crippen molar-refractivity contribution in [2.24, 2.45) is 5.84 Å². The van der Waals surface area contributed by atoms with Gasteiger partial charge in [-0.3, -0.25) is 10.6 Å². The van der Waals surface area contributed by atoms with E-state index in [1.807, 2.05) is 0 Å². The number of anilines is 1. The lowest BCUT2D eigenvalue weighted by Gasteiger charge is -2.16. The van der Waals surface area contributed by atoms with E-state index in [2.05, 4.69) is 10.7 Å². The molecule has 1 amide bonds. The zero-order valence-electron chi connectivity index (χ0n) is 11.1. The highest BCUT2D eigenvalue weighted by atomic mass is 19.1. The van der Waals surface area contributed by atoms with Crippen LogP contribution < -0.4 is 16.6 Å². The van der Waals surface area contributed by atoms with Gasteiger partial charge in [-0.1, -0.05) is 30.3 Å². The molecule has 0 heterocycles. The first kappa shape index (κ1) is 14.0. The molecule has 0 radical (unpaired) electrons. The average Bonchev–Trinajstić information content (AvgIpc) is 2.47. The van der Waals surface area contributed by atoms with Gasteiger partial charge in [0.05, 0.1) is 17.3 Å². The number of benzene rings is 2. The normalized spacial score (nSPS) is 11.8. The minimum absolute atomic E-state index is 0.311. The number of hydrazine groups is 1. The molecule has 1 atom stereocenters. The van der Waals surface area contributed by atoms with E-state index in [1.54, 1.807) is 49.4 Å². The number of rotatable bonds is 4. The summed E-state index contributed by atoms with van der Waals surface area (Å²) >= 11 is 0. The van der Waals surface area contributed by atoms with Crippen LogP contribution in [0.1, 0.15) is 28.9 Å². The van der Waals surface area contributed by atoms with Crippen LogP contribution in [0.3, 0.4) is 0 Å². The number of hydrogen-bond acceptors (Lipinski definition) is 3. The molecule has 2 aromatic carbocycles. The number of carbonyl (C=O) groups excluding carboxylic acids is 1. The van der Waals surface area contributed by atoms with Crippen molar-refractivity contribution < 1.29 is 9.18 Å². The molecular formula is C15H16FN3O. The first-order valence-electron chi connectivity index (χ1n) is 6.24. The van der Waals surface area contributed by atoms with E-state index in [0.29, 0.717) is 16.8 Å². The standard InChI is InChI=1S/C15H16FN3O/c1-10(11-6-2-4-8-13(11)16)18-15(20)12-7-3-5-9-14(12)19-17/h2-10,19H,17H2,1H3,(H,18,20). The summed E-state index contributed by atoms with van der Waals surface area (Å²) in [7, 11) is 0. The molecule has 2 aromatic rings. The highest BCUT2D eigenvalue weighted by Crippen LogP contribution is 2.18. The summed E-state index contributed by atoms with van der Waals surface area (Å²) in [5.41, 5.74) is 3.84. The molecule has 0 saturated heterocycles. The van der Waals surface area contributed by atoms with E-state index >= 15 is 0 Å². The van der Waals surface area contributed by atoms with Gasteiger partial charge in [0.2, 0.25) is 0 Å². The molecular weight excluding hydrogens is 257 g/mol. The van der Waals surface area contributed by atoms with Crippen LogP contribution >= 0.6 is 0 Å². The van der Waals surface area contributed by atoms with Gasteiger partial charge in [0.1, 0.15) is 5.82 Å². The molecule has 5 heteroatoms. The fourth-order valence-electron chi connectivity index (χ4n) is 1.99. The van der Waals surface area contributed by atoms with Crippen molar-refractivity contribution in [3.8, 4) is 0 Å². The first-order valence-corrected chi connectivity index (χ1v) is 6.24. The number of nitrogen functional groups attached to an aromatic ring is 1.